The molecule has 5 heteroatoms. The number of para-hydroxylation sites is 1. The van der Waals surface area contributed by atoms with E-state index in [1.807, 2.05) is 30.3 Å². The van der Waals surface area contributed by atoms with Crippen LogP contribution in [0, 0.1) is 0 Å². The average Bonchev–Trinajstić information content (AvgIpc) is 2.53. The van der Waals surface area contributed by atoms with Crippen molar-refractivity contribution in [2.75, 3.05) is 20.8 Å². The zero-order valence-corrected chi connectivity index (χ0v) is 13.3. The van der Waals surface area contributed by atoms with Crippen molar-refractivity contribution in [2.45, 2.75) is 6.54 Å². The van der Waals surface area contributed by atoms with Gasteiger partial charge in [-0.05, 0) is 30.3 Å². The third-order valence-corrected chi connectivity index (χ3v) is 3.42. The Kier molecular flexibility index (Phi) is 5.67. The Bertz CT molecular complexity index is 631. The van der Waals surface area contributed by atoms with Gasteiger partial charge in [0.25, 0.3) is 5.91 Å². The van der Waals surface area contributed by atoms with Crippen molar-refractivity contribution in [3.8, 4) is 11.5 Å². The maximum absolute atomic E-state index is 12.1. The number of rotatable bonds is 6. The van der Waals surface area contributed by atoms with E-state index in [4.69, 9.17) is 21.1 Å². The Morgan fingerprint density at radius 2 is 1.91 bits per heavy atom. The molecule has 0 radical (unpaired) electrons. The molecule has 0 unspecified atom stereocenters. The number of carbonyl (C=O) groups is 1. The Morgan fingerprint density at radius 1 is 1.18 bits per heavy atom. The van der Waals surface area contributed by atoms with Crippen LogP contribution in [-0.2, 0) is 11.3 Å². The normalized spacial score (nSPS) is 10.1. The molecular formula is C17H18ClNO3. The van der Waals surface area contributed by atoms with Gasteiger partial charge in [-0.1, -0.05) is 29.8 Å². The minimum absolute atomic E-state index is 0.0105. The van der Waals surface area contributed by atoms with Gasteiger partial charge in [-0.25, -0.2) is 0 Å². The molecule has 2 rings (SSSR count). The number of hydrogen-bond acceptors (Lipinski definition) is 3. The number of likely N-dealkylation sites (N-methyl/N-ethyl adjacent to an activating group) is 1. The number of carbonyl (C=O) groups excluding carboxylic acids is 1. The smallest absolute Gasteiger partial charge is 0.260 e. The quantitative estimate of drug-likeness (QED) is 0.819. The fraction of sp³-hybridized carbons (Fsp3) is 0.235. The molecule has 0 aliphatic carbocycles. The number of nitrogens with zero attached hydrogens (tertiary/aromatic N) is 1. The second-order valence-electron chi connectivity index (χ2n) is 4.81. The fourth-order valence-corrected chi connectivity index (χ4v) is 2.18. The molecule has 0 aliphatic heterocycles. The summed E-state index contributed by atoms with van der Waals surface area (Å²) in [4.78, 5) is 13.7. The average molecular weight is 320 g/mol. The maximum Gasteiger partial charge on any atom is 0.260 e. The molecule has 2 aromatic carbocycles. The molecule has 0 heterocycles. The zero-order valence-electron chi connectivity index (χ0n) is 12.6. The van der Waals surface area contributed by atoms with Crippen LogP contribution in [-0.4, -0.2) is 31.6 Å². The zero-order chi connectivity index (χ0) is 15.9. The summed E-state index contributed by atoms with van der Waals surface area (Å²) in [5.74, 6) is 1.25. The number of methoxy groups -OCH3 is 1. The number of amides is 1. The third kappa shape index (κ3) is 4.40. The SMILES string of the molecule is COc1ccc(Cl)cc1CN(C)C(=O)COc1ccccc1. The lowest BCUT2D eigenvalue weighted by Crippen LogP contribution is -2.31. The van der Waals surface area contributed by atoms with Crippen LogP contribution in [0.5, 0.6) is 11.5 Å². The van der Waals surface area contributed by atoms with Crippen LogP contribution in [0.1, 0.15) is 5.56 Å². The summed E-state index contributed by atoms with van der Waals surface area (Å²) >= 11 is 5.99. The van der Waals surface area contributed by atoms with Gasteiger partial charge < -0.3 is 14.4 Å². The van der Waals surface area contributed by atoms with E-state index in [1.165, 1.54) is 0 Å². The van der Waals surface area contributed by atoms with E-state index in [0.29, 0.717) is 23.1 Å². The van der Waals surface area contributed by atoms with Crippen molar-refractivity contribution in [1.82, 2.24) is 4.90 Å². The van der Waals surface area contributed by atoms with Crippen LogP contribution in [0.4, 0.5) is 0 Å². The highest BCUT2D eigenvalue weighted by Gasteiger charge is 2.13. The first-order chi connectivity index (χ1) is 10.6. The molecule has 0 saturated heterocycles. The third-order valence-electron chi connectivity index (χ3n) is 3.18. The number of ether oxygens (including phenoxy) is 2. The Morgan fingerprint density at radius 3 is 2.59 bits per heavy atom. The minimum Gasteiger partial charge on any atom is -0.496 e. The maximum atomic E-state index is 12.1. The van der Waals surface area contributed by atoms with Crippen molar-refractivity contribution in [1.29, 1.82) is 0 Å². The molecular weight excluding hydrogens is 302 g/mol. The van der Waals surface area contributed by atoms with Crippen molar-refractivity contribution >= 4 is 17.5 Å². The minimum atomic E-state index is -0.120. The van der Waals surface area contributed by atoms with Crippen LogP contribution in [0.2, 0.25) is 5.02 Å². The molecule has 2 aromatic rings. The van der Waals surface area contributed by atoms with Gasteiger partial charge in [0.1, 0.15) is 11.5 Å². The molecule has 0 N–H and O–H groups in total. The summed E-state index contributed by atoms with van der Waals surface area (Å²) in [5.41, 5.74) is 0.852. The number of hydrogen-bond donors (Lipinski definition) is 0. The van der Waals surface area contributed by atoms with Crippen LogP contribution in [0.3, 0.4) is 0 Å². The van der Waals surface area contributed by atoms with Crippen LogP contribution >= 0.6 is 11.6 Å². The first kappa shape index (κ1) is 16.2. The van der Waals surface area contributed by atoms with Crippen LogP contribution in [0.15, 0.2) is 48.5 Å². The summed E-state index contributed by atoms with van der Waals surface area (Å²) in [6.45, 7) is 0.393. The van der Waals surface area contributed by atoms with E-state index < -0.39 is 0 Å². The van der Waals surface area contributed by atoms with Crippen molar-refractivity contribution in [3.05, 3.63) is 59.1 Å². The van der Waals surface area contributed by atoms with Crippen molar-refractivity contribution < 1.29 is 14.3 Å². The standard InChI is InChI=1S/C17H18ClNO3/c1-19(11-13-10-14(18)8-9-16(13)21-2)17(20)12-22-15-6-4-3-5-7-15/h3-10H,11-12H2,1-2H3. The Labute approximate surface area is 135 Å². The molecule has 0 atom stereocenters. The molecule has 0 fully saturated rings. The lowest BCUT2D eigenvalue weighted by atomic mass is 10.2. The van der Waals surface area contributed by atoms with E-state index in [2.05, 4.69) is 0 Å². The molecule has 0 bridgehead atoms. The van der Waals surface area contributed by atoms with Gasteiger partial charge in [-0.2, -0.15) is 0 Å². The van der Waals surface area contributed by atoms with E-state index in [-0.39, 0.29) is 12.5 Å². The van der Waals surface area contributed by atoms with E-state index >= 15 is 0 Å². The van der Waals surface area contributed by atoms with Gasteiger partial charge in [0.2, 0.25) is 0 Å². The van der Waals surface area contributed by atoms with Gasteiger partial charge in [-0.15, -0.1) is 0 Å². The van der Waals surface area contributed by atoms with Gasteiger partial charge in [0.05, 0.1) is 7.11 Å². The molecule has 4 nitrogen and oxygen atoms in total. The summed E-state index contributed by atoms with van der Waals surface area (Å²) in [5, 5.41) is 0.609. The first-order valence-corrected chi connectivity index (χ1v) is 7.22. The topological polar surface area (TPSA) is 38.8 Å². The van der Waals surface area contributed by atoms with Crippen molar-refractivity contribution in [2.24, 2.45) is 0 Å². The molecule has 116 valence electrons. The molecule has 1 amide bonds. The van der Waals surface area contributed by atoms with E-state index in [9.17, 15) is 4.79 Å². The van der Waals surface area contributed by atoms with Gasteiger partial charge in [0, 0.05) is 24.2 Å². The molecule has 0 aliphatic rings. The lowest BCUT2D eigenvalue weighted by molar-refractivity contribution is -0.132. The van der Waals surface area contributed by atoms with Gasteiger partial charge >= 0.3 is 0 Å². The van der Waals surface area contributed by atoms with Crippen LogP contribution < -0.4 is 9.47 Å². The molecule has 0 spiro atoms. The predicted octanol–water partition coefficient (Wildman–Crippen LogP) is 3.39. The molecule has 0 aromatic heterocycles. The molecule has 0 saturated carbocycles. The van der Waals surface area contributed by atoms with Gasteiger partial charge in [-0.3, -0.25) is 4.79 Å². The van der Waals surface area contributed by atoms with E-state index in [1.54, 1.807) is 37.3 Å². The summed E-state index contributed by atoms with van der Waals surface area (Å²) in [6.07, 6.45) is 0. The predicted molar refractivity (Wildman–Crippen MR) is 86.4 cm³/mol. The van der Waals surface area contributed by atoms with Crippen LogP contribution in [0.25, 0.3) is 0 Å². The van der Waals surface area contributed by atoms with E-state index in [0.717, 1.165) is 5.56 Å². The fourth-order valence-electron chi connectivity index (χ4n) is 1.99. The monoisotopic (exact) mass is 319 g/mol. The second kappa shape index (κ2) is 7.71. The largest absolute Gasteiger partial charge is 0.496 e. The number of benzene rings is 2. The highest BCUT2D eigenvalue weighted by Crippen LogP contribution is 2.23. The lowest BCUT2D eigenvalue weighted by Gasteiger charge is -2.19. The Balaban J connectivity index is 1.95. The highest BCUT2D eigenvalue weighted by atomic mass is 35.5. The first-order valence-electron chi connectivity index (χ1n) is 6.84. The van der Waals surface area contributed by atoms with Crippen molar-refractivity contribution in [3.63, 3.8) is 0 Å². The molecule has 22 heavy (non-hydrogen) atoms. The summed E-state index contributed by atoms with van der Waals surface area (Å²) in [6, 6.07) is 14.6. The Hall–Kier alpha value is -2.20. The van der Waals surface area contributed by atoms with Gasteiger partial charge in [0.15, 0.2) is 6.61 Å². The number of halogens is 1. The summed E-state index contributed by atoms with van der Waals surface area (Å²) < 4.78 is 10.7. The second-order valence-corrected chi connectivity index (χ2v) is 5.24. The summed E-state index contributed by atoms with van der Waals surface area (Å²) in [7, 11) is 3.31. The highest BCUT2D eigenvalue weighted by molar-refractivity contribution is 6.30.